The lowest BCUT2D eigenvalue weighted by atomic mass is 9.77. The van der Waals surface area contributed by atoms with E-state index in [1.807, 2.05) is 32.0 Å². The minimum atomic E-state index is -0.996. The first-order chi connectivity index (χ1) is 7.95. The molecule has 1 aromatic rings. The van der Waals surface area contributed by atoms with Gasteiger partial charge in [-0.1, -0.05) is 38.0 Å². The Hall–Kier alpha value is -1.79. The molecule has 3 nitrogen and oxygen atoms in total. The van der Waals surface area contributed by atoms with Crippen molar-refractivity contribution in [2.24, 2.45) is 0 Å². The van der Waals surface area contributed by atoms with Crippen molar-refractivity contribution >= 4 is 5.97 Å². The number of carbonyl (C=O) groups is 1. The first-order valence-corrected chi connectivity index (χ1v) is 5.27. The van der Waals surface area contributed by atoms with Crippen molar-refractivity contribution in [2.45, 2.75) is 25.4 Å². The smallest absolute Gasteiger partial charge is 0.333 e. The quantitative estimate of drug-likeness (QED) is 0.808. The maximum atomic E-state index is 11.2. The molecule has 0 fully saturated rings. The molecule has 1 aromatic carbocycles. The van der Waals surface area contributed by atoms with E-state index in [1.54, 1.807) is 6.07 Å². The van der Waals surface area contributed by atoms with E-state index in [2.05, 4.69) is 5.92 Å². The van der Waals surface area contributed by atoms with Crippen LogP contribution in [0.15, 0.2) is 24.3 Å². The fourth-order valence-electron chi connectivity index (χ4n) is 2.02. The highest BCUT2D eigenvalue weighted by Gasteiger charge is 2.38. The zero-order valence-corrected chi connectivity index (χ0v) is 10.2. The van der Waals surface area contributed by atoms with Gasteiger partial charge in [0.05, 0.1) is 0 Å². The van der Waals surface area contributed by atoms with Gasteiger partial charge in [-0.15, -0.1) is 6.42 Å². The maximum Gasteiger partial charge on any atom is 0.333 e. The number of rotatable bonds is 4. The number of terminal acetylenes is 1. The number of methoxy groups -OCH3 is 1. The molecular weight excluding hydrogens is 216 g/mol. The van der Waals surface area contributed by atoms with Crippen LogP contribution in [0.4, 0.5) is 0 Å². The van der Waals surface area contributed by atoms with Gasteiger partial charge in [-0.05, 0) is 11.6 Å². The van der Waals surface area contributed by atoms with E-state index < -0.39 is 17.5 Å². The fourth-order valence-corrected chi connectivity index (χ4v) is 2.02. The molecule has 0 radical (unpaired) electrons. The van der Waals surface area contributed by atoms with E-state index in [9.17, 15) is 4.79 Å². The molecule has 0 aromatic heterocycles. The summed E-state index contributed by atoms with van der Waals surface area (Å²) in [4.78, 5) is 11.2. The third-order valence-electron chi connectivity index (χ3n) is 2.89. The summed E-state index contributed by atoms with van der Waals surface area (Å²) in [5.74, 6) is 1.58. The summed E-state index contributed by atoms with van der Waals surface area (Å²) in [5, 5.41) is 9.16. The van der Waals surface area contributed by atoms with Crippen LogP contribution >= 0.6 is 0 Å². The number of ether oxygens (including phenoxy) is 1. The van der Waals surface area contributed by atoms with Gasteiger partial charge in [-0.2, -0.15) is 0 Å². The first-order valence-electron chi connectivity index (χ1n) is 5.27. The number of hydrogen-bond donors (Lipinski definition) is 1. The van der Waals surface area contributed by atoms with E-state index in [0.717, 1.165) is 5.56 Å². The number of aliphatic carboxylic acids is 1. The maximum absolute atomic E-state index is 11.2. The molecule has 0 spiro atoms. The Kier molecular flexibility index (Phi) is 3.93. The van der Waals surface area contributed by atoms with Crippen LogP contribution in [-0.2, 0) is 14.9 Å². The van der Waals surface area contributed by atoms with Crippen LogP contribution in [-0.4, -0.2) is 24.3 Å². The highest BCUT2D eigenvalue weighted by molar-refractivity contribution is 5.75. The molecule has 0 saturated heterocycles. The van der Waals surface area contributed by atoms with Crippen molar-refractivity contribution < 1.29 is 14.6 Å². The number of carboxylic acids is 1. The topological polar surface area (TPSA) is 46.5 Å². The Bertz CT molecular complexity index is 455. The van der Waals surface area contributed by atoms with E-state index in [-0.39, 0.29) is 0 Å². The second kappa shape index (κ2) is 5.03. The average molecular weight is 232 g/mol. The fraction of sp³-hybridized carbons (Fsp3) is 0.357. The molecule has 0 heterocycles. The summed E-state index contributed by atoms with van der Waals surface area (Å²) in [6.45, 7) is 3.62. The van der Waals surface area contributed by atoms with Gasteiger partial charge >= 0.3 is 5.97 Å². The van der Waals surface area contributed by atoms with Crippen LogP contribution in [0.1, 0.15) is 25.0 Å². The summed E-state index contributed by atoms with van der Waals surface area (Å²) >= 11 is 0. The molecule has 0 amide bonds. The van der Waals surface area contributed by atoms with Crippen LogP contribution in [0, 0.1) is 12.3 Å². The third-order valence-corrected chi connectivity index (χ3v) is 2.89. The van der Waals surface area contributed by atoms with Crippen LogP contribution in [0.3, 0.4) is 0 Å². The Morgan fingerprint density at radius 1 is 1.47 bits per heavy atom. The van der Waals surface area contributed by atoms with Crippen LogP contribution in [0.25, 0.3) is 0 Å². The van der Waals surface area contributed by atoms with Crippen LogP contribution < -0.4 is 0 Å². The second-order valence-electron chi connectivity index (χ2n) is 4.37. The van der Waals surface area contributed by atoms with Crippen molar-refractivity contribution in [1.82, 2.24) is 0 Å². The Morgan fingerprint density at radius 3 is 2.53 bits per heavy atom. The lowest BCUT2D eigenvalue weighted by molar-refractivity contribution is -0.152. The molecule has 1 unspecified atom stereocenters. The minimum Gasteiger partial charge on any atom is -0.479 e. The molecule has 1 atom stereocenters. The average Bonchev–Trinajstić information content (AvgIpc) is 2.29. The highest BCUT2D eigenvalue weighted by atomic mass is 16.5. The molecule has 0 bridgehead atoms. The summed E-state index contributed by atoms with van der Waals surface area (Å²) in [6, 6.07) is 7.31. The standard InChI is InChI=1S/C14H16O3/c1-5-10-8-6-7-9-11(10)14(2,3)12(17-4)13(15)16/h1,6-9,12H,2-4H3,(H,15,16). The molecular formula is C14H16O3. The normalized spacial score (nSPS) is 12.8. The van der Waals surface area contributed by atoms with Gasteiger partial charge in [-0.3, -0.25) is 0 Å². The minimum absolute atomic E-state index is 0.691. The Morgan fingerprint density at radius 2 is 2.06 bits per heavy atom. The predicted molar refractivity (Wildman–Crippen MR) is 65.8 cm³/mol. The van der Waals surface area contributed by atoms with Gasteiger partial charge in [0, 0.05) is 18.1 Å². The highest BCUT2D eigenvalue weighted by Crippen LogP contribution is 2.31. The zero-order chi connectivity index (χ0) is 13.1. The number of carboxylic acid groups (broad SMARTS) is 1. The van der Waals surface area contributed by atoms with Crippen LogP contribution in [0.2, 0.25) is 0 Å². The molecule has 3 heteroatoms. The van der Waals surface area contributed by atoms with Gasteiger partial charge in [0.2, 0.25) is 0 Å². The summed E-state index contributed by atoms with van der Waals surface area (Å²) in [6.07, 6.45) is 4.49. The largest absolute Gasteiger partial charge is 0.479 e. The van der Waals surface area contributed by atoms with Crippen molar-refractivity contribution in [3.63, 3.8) is 0 Å². The van der Waals surface area contributed by atoms with E-state index in [1.165, 1.54) is 7.11 Å². The third kappa shape index (κ3) is 2.48. The lowest BCUT2D eigenvalue weighted by Gasteiger charge is -2.31. The Balaban J connectivity index is 3.30. The lowest BCUT2D eigenvalue weighted by Crippen LogP contribution is -2.41. The molecule has 0 aliphatic carbocycles. The van der Waals surface area contributed by atoms with Crippen molar-refractivity contribution in [3.05, 3.63) is 35.4 Å². The van der Waals surface area contributed by atoms with Crippen molar-refractivity contribution in [1.29, 1.82) is 0 Å². The predicted octanol–water partition coefficient (Wildman–Crippen LogP) is 2.05. The monoisotopic (exact) mass is 232 g/mol. The molecule has 0 aliphatic heterocycles. The zero-order valence-electron chi connectivity index (χ0n) is 10.2. The van der Waals surface area contributed by atoms with Gasteiger partial charge in [0.1, 0.15) is 0 Å². The summed E-state index contributed by atoms with van der Waals surface area (Å²) in [7, 11) is 1.39. The van der Waals surface area contributed by atoms with Crippen molar-refractivity contribution in [2.75, 3.05) is 7.11 Å². The SMILES string of the molecule is C#Cc1ccccc1C(C)(C)C(OC)C(=O)O. The van der Waals surface area contributed by atoms with Crippen molar-refractivity contribution in [3.8, 4) is 12.3 Å². The molecule has 17 heavy (non-hydrogen) atoms. The van der Waals surface area contributed by atoms with E-state index >= 15 is 0 Å². The molecule has 1 N–H and O–H groups in total. The molecule has 90 valence electrons. The van der Waals surface area contributed by atoms with Gasteiger partial charge in [0.25, 0.3) is 0 Å². The van der Waals surface area contributed by atoms with Gasteiger partial charge in [0.15, 0.2) is 6.10 Å². The van der Waals surface area contributed by atoms with Gasteiger partial charge in [-0.25, -0.2) is 4.79 Å². The molecule has 0 saturated carbocycles. The van der Waals surface area contributed by atoms with E-state index in [0.29, 0.717) is 5.56 Å². The summed E-state index contributed by atoms with van der Waals surface area (Å²) in [5.41, 5.74) is 0.807. The molecule has 1 rings (SSSR count). The van der Waals surface area contributed by atoms with Crippen LogP contribution in [0.5, 0.6) is 0 Å². The van der Waals surface area contributed by atoms with E-state index in [4.69, 9.17) is 16.3 Å². The number of hydrogen-bond acceptors (Lipinski definition) is 2. The molecule has 0 aliphatic rings. The van der Waals surface area contributed by atoms with Gasteiger partial charge < -0.3 is 9.84 Å². The second-order valence-corrected chi connectivity index (χ2v) is 4.37. The first kappa shape index (κ1) is 13.3. The summed E-state index contributed by atoms with van der Waals surface area (Å²) < 4.78 is 5.06. The Labute approximate surface area is 101 Å². The number of benzene rings is 1.